The highest BCUT2D eigenvalue weighted by atomic mass is 16.5. The summed E-state index contributed by atoms with van der Waals surface area (Å²) in [5.74, 6) is 0.556. The summed E-state index contributed by atoms with van der Waals surface area (Å²) in [7, 11) is 0. The minimum Gasteiger partial charge on any atom is -0.426 e. The number of aryl methyl sites for hydroxylation is 1. The number of carbonyl (C=O) groups is 1. The summed E-state index contributed by atoms with van der Waals surface area (Å²) in [4.78, 5) is 10.9. The molecule has 0 amide bonds. The van der Waals surface area contributed by atoms with Gasteiger partial charge in [0.15, 0.2) is 0 Å². The molecule has 1 aliphatic heterocycles. The number of benzene rings is 1. The fourth-order valence-corrected chi connectivity index (χ4v) is 1.43. The van der Waals surface area contributed by atoms with Crippen LogP contribution in [0.1, 0.15) is 17.5 Å². The first-order chi connectivity index (χ1) is 6.29. The van der Waals surface area contributed by atoms with E-state index in [4.69, 9.17) is 4.74 Å². The van der Waals surface area contributed by atoms with Crippen molar-refractivity contribution in [2.24, 2.45) is 0 Å². The van der Waals surface area contributed by atoms with Gasteiger partial charge < -0.3 is 4.74 Å². The molecule has 1 aromatic carbocycles. The summed E-state index contributed by atoms with van der Waals surface area (Å²) in [6, 6.07) is 5.72. The van der Waals surface area contributed by atoms with Gasteiger partial charge in [-0.15, -0.1) is 0 Å². The standard InChI is InChI=1S/C11H10O2/c1-2-8-3-5-10-9(7-8)4-6-11(12)13-10/h2-3,5,7H,1,4,6H2. The molecule has 2 rings (SSSR count). The molecule has 0 radical (unpaired) electrons. The lowest BCUT2D eigenvalue weighted by atomic mass is 10.0. The number of hydrogen-bond donors (Lipinski definition) is 0. The highest BCUT2D eigenvalue weighted by molar-refractivity contribution is 5.75. The lowest BCUT2D eigenvalue weighted by Gasteiger charge is -2.15. The predicted octanol–water partition coefficient (Wildman–Crippen LogP) is 2.18. The summed E-state index contributed by atoms with van der Waals surface area (Å²) in [6.07, 6.45) is 3.04. The van der Waals surface area contributed by atoms with E-state index in [0.29, 0.717) is 12.2 Å². The Morgan fingerprint density at radius 3 is 3.00 bits per heavy atom. The smallest absolute Gasteiger partial charge is 0.311 e. The largest absolute Gasteiger partial charge is 0.426 e. The first kappa shape index (κ1) is 8.05. The Kier molecular flexibility index (Phi) is 1.89. The van der Waals surface area contributed by atoms with Crippen molar-refractivity contribution in [1.29, 1.82) is 0 Å². The van der Waals surface area contributed by atoms with E-state index >= 15 is 0 Å². The molecule has 2 heteroatoms. The predicted molar refractivity (Wildman–Crippen MR) is 50.5 cm³/mol. The zero-order chi connectivity index (χ0) is 9.26. The van der Waals surface area contributed by atoms with Crippen LogP contribution in [0.4, 0.5) is 0 Å². The van der Waals surface area contributed by atoms with Gasteiger partial charge in [0, 0.05) is 0 Å². The molecule has 0 atom stereocenters. The van der Waals surface area contributed by atoms with E-state index in [1.165, 1.54) is 0 Å². The molecule has 1 heterocycles. The van der Waals surface area contributed by atoms with Gasteiger partial charge in [0.2, 0.25) is 0 Å². The second kappa shape index (κ2) is 3.05. The Morgan fingerprint density at radius 1 is 1.38 bits per heavy atom. The molecule has 0 aromatic heterocycles. The van der Waals surface area contributed by atoms with E-state index in [2.05, 4.69) is 6.58 Å². The highest BCUT2D eigenvalue weighted by Crippen LogP contribution is 2.26. The lowest BCUT2D eigenvalue weighted by molar-refractivity contribution is -0.135. The normalized spacial score (nSPS) is 14.6. The topological polar surface area (TPSA) is 26.3 Å². The Labute approximate surface area is 76.8 Å². The van der Waals surface area contributed by atoms with Crippen LogP contribution in [-0.4, -0.2) is 5.97 Å². The van der Waals surface area contributed by atoms with Crippen molar-refractivity contribution >= 4 is 12.0 Å². The fourth-order valence-electron chi connectivity index (χ4n) is 1.43. The third-order valence-electron chi connectivity index (χ3n) is 2.14. The zero-order valence-corrected chi connectivity index (χ0v) is 7.25. The van der Waals surface area contributed by atoms with Gasteiger partial charge in [-0.1, -0.05) is 18.7 Å². The molecule has 0 bridgehead atoms. The van der Waals surface area contributed by atoms with Gasteiger partial charge in [-0.25, -0.2) is 0 Å². The van der Waals surface area contributed by atoms with Gasteiger partial charge in [0.1, 0.15) is 5.75 Å². The van der Waals surface area contributed by atoms with Gasteiger partial charge in [-0.2, -0.15) is 0 Å². The van der Waals surface area contributed by atoms with Crippen molar-refractivity contribution in [2.75, 3.05) is 0 Å². The number of hydrogen-bond acceptors (Lipinski definition) is 2. The molecular weight excluding hydrogens is 164 g/mol. The van der Waals surface area contributed by atoms with Crippen molar-refractivity contribution in [3.8, 4) is 5.75 Å². The summed E-state index contributed by atoms with van der Waals surface area (Å²) in [5.41, 5.74) is 2.16. The van der Waals surface area contributed by atoms with Crippen molar-refractivity contribution < 1.29 is 9.53 Å². The van der Waals surface area contributed by atoms with Crippen LogP contribution >= 0.6 is 0 Å². The van der Waals surface area contributed by atoms with Crippen LogP contribution in [0.2, 0.25) is 0 Å². The Morgan fingerprint density at radius 2 is 2.23 bits per heavy atom. The van der Waals surface area contributed by atoms with E-state index in [1.807, 2.05) is 18.2 Å². The maximum Gasteiger partial charge on any atom is 0.311 e. The van der Waals surface area contributed by atoms with E-state index in [0.717, 1.165) is 17.5 Å². The van der Waals surface area contributed by atoms with Crippen LogP contribution in [0.5, 0.6) is 5.75 Å². The summed E-state index contributed by atoms with van der Waals surface area (Å²) < 4.78 is 5.06. The number of ether oxygens (including phenoxy) is 1. The molecule has 2 nitrogen and oxygen atoms in total. The van der Waals surface area contributed by atoms with Crippen LogP contribution in [0.25, 0.3) is 6.08 Å². The zero-order valence-electron chi connectivity index (χ0n) is 7.25. The van der Waals surface area contributed by atoms with E-state index in [9.17, 15) is 4.79 Å². The first-order valence-electron chi connectivity index (χ1n) is 4.25. The first-order valence-corrected chi connectivity index (χ1v) is 4.25. The maximum atomic E-state index is 10.9. The van der Waals surface area contributed by atoms with Gasteiger partial charge in [0.05, 0.1) is 6.42 Å². The summed E-state index contributed by atoms with van der Waals surface area (Å²) in [5, 5.41) is 0. The van der Waals surface area contributed by atoms with Crippen molar-refractivity contribution in [1.82, 2.24) is 0 Å². The van der Waals surface area contributed by atoms with E-state index < -0.39 is 0 Å². The Balaban J connectivity index is 2.42. The minimum atomic E-state index is -0.140. The molecule has 0 spiro atoms. The van der Waals surface area contributed by atoms with Crippen LogP contribution in [0, 0.1) is 0 Å². The van der Waals surface area contributed by atoms with Crippen LogP contribution in [-0.2, 0) is 11.2 Å². The molecule has 13 heavy (non-hydrogen) atoms. The fraction of sp³-hybridized carbons (Fsp3) is 0.182. The second-order valence-corrected chi connectivity index (χ2v) is 3.05. The molecular formula is C11H10O2. The third-order valence-corrected chi connectivity index (χ3v) is 2.14. The van der Waals surface area contributed by atoms with Crippen LogP contribution < -0.4 is 4.74 Å². The highest BCUT2D eigenvalue weighted by Gasteiger charge is 2.16. The molecule has 0 unspecified atom stereocenters. The average Bonchev–Trinajstić information content (AvgIpc) is 2.17. The number of esters is 1. The summed E-state index contributed by atoms with van der Waals surface area (Å²) >= 11 is 0. The van der Waals surface area contributed by atoms with Gasteiger partial charge >= 0.3 is 5.97 Å². The van der Waals surface area contributed by atoms with Gasteiger partial charge in [0.25, 0.3) is 0 Å². The van der Waals surface area contributed by atoms with E-state index in [1.54, 1.807) is 6.08 Å². The Bertz CT molecular complexity index is 366. The molecule has 0 saturated heterocycles. The molecule has 1 aliphatic rings. The van der Waals surface area contributed by atoms with Gasteiger partial charge in [-0.3, -0.25) is 4.79 Å². The SMILES string of the molecule is C=Cc1ccc2c(c1)CCC(=O)O2. The molecule has 0 N–H and O–H groups in total. The Hall–Kier alpha value is -1.57. The van der Waals surface area contributed by atoms with Crippen LogP contribution in [0.15, 0.2) is 24.8 Å². The number of rotatable bonds is 1. The lowest BCUT2D eigenvalue weighted by Crippen LogP contribution is -2.15. The molecule has 0 fully saturated rings. The quantitative estimate of drug-likeness (QED) is 0.482. The number of carbonyl (C=O) groups excluding carboxylic acids is 1. The minimum absolute atomic E-state index is 0.140. The van der Waals surface area contributed by atoms with Crippen molar-refractivity contribution in [3.05, 3.63) is 35.9 Å². The second-order valence-electron chi connectivity index (χ2n) is 3.05. The van der Waals surface area contributed by atoms with Gasteiger partial charge in [-0.05, 0) is 29.7 Å². The maximum absolute atomic E-state index is 10.9. The van der Waals surface area contributed by atoms with Crippen molar-refractivity contribution in [3.63, 3.8) is 0 Å². The monoisotopic (exact) mass is 174 g/mol. The third kappa shape index (κ3) is 1.47. The molecule has 66 valence electrons. The molecule has 0 saturated carbocycles. The average molecular weight is 174 g/mol. The van der Waals surface area contributed by atoms with Crippen LogP contribution in [0.3, 0.4) is 0 Å². The number of fused-ring (bicyclic) bond motifs is 1. The van der Waals surface area contributed by atoms with E-state index in [-0.39, 0.29) is 5.97 Å². The summed E-state index contributed by atoms with van der Waals surface area (Å²) in [6.45, 7) is 3.69. The molecule has 1 aromatic rings. The molecule has 0 aliphatic carbocycles. The van der Waals surface area contributed by atoms with Crippen molar-refractivity contribution in [2.45, 2.75) is 12.8 Å².